The molecule has 2 rings (SSSR count). The second kappa shape index (κ2) is 5.70. The van der Waals surface area contributed by atoms with E-state index in [4.69, 9.17) is 9.84 Å². The lowest BCUT2D eigenvalue weighted by molar-refractivity contribution is -0.386. The van der Waals surface area contributed by atoms with Gasteiger partial charge in [0.05, 0.1) is 11.5 Å². The Bertz CT molecular complexity index is 619. The first-order valence-corrected chi connectivity index (χ1v) is 6.14. The van der Waals surface area contributed by atoms with Crippen LogP contribution in [-0.2, 0) is 20.1 Å². The van der Waals surface area contributed by atoms with E-state index in [9.17, 15) is 10.1 Å². The standard InChI is InChI=1S/C13H15N3O4/c1-3-11-12(16(18)19)13(15(2)14-11)20-10-6-4-9(8-17)5-7-10/h4-7,17H,3,8H2,1-2H3. The number of ether oxygens (including phenoxy) is 1. The minimum atomic E-state index is -0.483. The fourth-order valence-electron chi connectivity index (χ4n) is 1.86. The molecular formula is C13H15N3O4. The molecule has 0 aliphatic rings. The molecule has 0 fully saturated rings. The van der Waals surface area contributed by atoms with Crippen molar-refractivity contribution in [2.45, 2.75) is 20.0 Å². The number of aliphatic hydroxyl groups is 1. The summed E-state index contributed by atoms with van der Waals surface area (Å²) in [6.07, 6.45) is 0.455. The number of hydrogen-bond acceptors (Lipinski definition) is 5. The smallest absolute Gasteiger partial charge is 0.353 e. The van der Waals surface area contributed by atoms with Gasteiger partial charge in [-0.25, -0.2) is 4.68 Å². The lowest BCUT2D eigenvalue weighted by Crippen LogP contribution is -1.97. The van der Waals surface area contributed by atoms with Gasteiger partial charge in [0.2, 0.25) is 0 Å². The third-order valence-electron chi connectivity index (χ3n) is 2.88. The zero-order valence-corrected chi connectivity index (χ0v) is 11.2. The van der Waals surface area contributed by atoms with Gasteiger partial charge in [-0.15, -0.1) is 0 Å². The summed E-state index contributed by atoms with van der Waals surface area (Å²) in [6, 6.07) is 6.68. The van der Waals surface area contributed by atoms with Crippen molar-refractivity contribution in [2.24, 2.45) is 7.05 Å². The minimum Gasteiger partial charge on any atom is -0.434 e. The van der Waals surface area contributed by atoms with Crippen molar-refractivity contribution in [3.63, 3.8) is 0 Å². The van der Waals surface area contributed by atoms with Crippen molar-refractivity contribution in [1.82, 2.24) is 9.78 Å². The Hall–Kier alpha value is -2.41. The van der Waals surface area contributed by atoms with Crippen LogP contribution < -0.4 is 4.74 Å². The summed E-state index contributed by atoms with van der Waals surface area (Å²) >= 11 is 0. The van der Waals surface area contributed by atoms with Crippen LogP contribution in [0.5, 0.6) is 11.6 Å². The number of nitro groups is 1. The maximum atomic E-state index is 11.1. The van der Waals surface area contributed by atoms with Gasteiger partial charge in [-0.05, 0) is 24.1 Å². The Morgan fingerprint density at radius 2 is 2.05 bits per heavy atom. The molecule has 1 aromatic carbocycles. The van der Waals surface area contributed by atoms with Crippen molar-refractivity contribution in [2.75, 3.05) is 0 Å². The first kappa shape index (κ1) is 14.0. The maximum Gasteiger partial charge on any atom is 0.353 e. The van der Waals surface area contributed by atoms with Crippen LogP contribution in [0.4, 0.5) is 5.69 Å². The Labute approximate surface area is 115 Å². The zero-order chi connectivity index (χ0) is 14.7. The van der Waals surface area contributed by atoms with Gasteiger partial charge in [0, 0.05) is 7.05 Å². The van der Waals surface area contributed by atoms with E-state index in [2.05, 4.69) is 5.10 Å². The van der Waals surface area contributed by atoms with E-state index in [1.54, 1.807) is 38.2 Å². The average molecular weight is 277 g/mol. The van der Waals surface area contributed by atoms with Crippen LogP contribution in [0.15, 0.2) is 24.3 Å². The molecule has 0 radical (unpaired) electrons. The molecule has 0 atom stereocenters. The summed E-state index contributed by atoms with van der Waals surface area (Å²) in [5.74, 6) is 0.555. The van der Waals surface area contributed by atoms with Crippen LogP contribution in [0.1, 0.15) is 18.2 Å². The second-order valence-corrected chi connectivity index (χ2v) is 4.24. The van der Waals surface area contributed by atoms with Crippen molar-refractivity contribution in [3.8, 4) is 11.6 Å². The summed E-state index contributed by atoms with van der Waals surface area (Å²) in [7, 11) is 1.60. The number of aliphatic hydroxyl groups excluding tert-OH is 1. The van der Waals surface area contributed by atoms with Gasteiger partial charge in [0.1, 0.15) is 11.4 Å². The highest BCUT2D eigenvalue weighted by Crippen LogP contribution is 2.34. The van der Waals surface area contributed by atoms with Gasteiger partial charge < -0.3 is 9.84 Å². The SMILES string of the molecule is CCc1nn(C)c(Oc2ccc(CO)cc2)c1[N+](=O)[O-]. The molecule has 0 bridgehead atoms. The van der Waals surface area contributed by atoms with Gasteiger partial charge in [-0.2, -0.15) is 5.10 Å². The van der Waals surface area contributed by atoms with E-state index in [0.29, 0.717) is 17.9 Å². The van der Waals surface area contributed by atoms with E-state index in [1.807, 2.05) is 0 Å². The molecule has 106 valence electrons. The summed E-state index contributed by atoms with van der Waals surface area (Å²) < 4.78 is 6.92. The van der Waals surface area contributed by atoms with Crippen LogP contribution in [0.25, 0.3) is 0 Å². The third kappa shape index (κ3) is 2.62. The largest absolute Gasteiger partial charge is 0.434 e. The molecular weight excluding hydrogens is 262 g/mol. The Kier molecular flexibility index (Phi) is 3.99. The minimum absolute atomic E-state index is 0.0634. The Morgan fingerprint density at radius 1 is 1.40 bits per heavy atom. The first-order chi connectivity index (χ1) is 9.56. The molecule has 0 saturated carbocycles. The molecule has 0 amide bonds. The van der Waals surface area contributed by atoms with Crippen molar-refractivity contribution in [3.05, 3.63) is 45.6 Å². The maximum absolute atomic E-state index is 11.1. The zero-order valence-electron chi connectivity index (χ0n) is 11.2. The topological polar surface area (TPSA) is 90.4 Å². The van der Waals surface area contributed by atoms with E-state index >= 15 is 0 Å². The fraction of sp³-hybridized carbons (Fsp3) is 0.308. The van der Waals surface area contributed by atoms with Crippen LogP contribution in [0, 0.1) is 10.1 Å². The van der Waals surface area contributed by atoms with Gasteiger partial charge in [-0.3, -0.25) is 10.1 Å². The third-order valence-corrected chi connectivity index (χ3v) is 2.88. The van der Waals surface area contributed by atoms with Crippen molar-refractivity contribution in [1.29, 1.82) is 0 Å². The molecule has 2 aromatic rings. The molecule has 20 heavy (non-hydrogen) atoms. The number of rotatable bonds is 5. The lowest BCUT2D eigenvalue weighted by Gasteiger charge is -2.05. The highest BCUT2D eigenvalue weighted by Gasteiger charge is 2.27. The first-order valence-electron chi connectivity index (χ1n) is 6.14. The monoisotopic (exact) mass is 277 g/mol. The van der Waals surface area contributed by atoms with Crippen molar-refractivity contribution < 1.29 is 14.8 Å². The molecule has 0 aliphatic carbocycles. The molecule has 0 spiro atoms. The number of hydrogen-bond donors (Lipinski definition) is 1. The highest BCUT2D eigenvalue weighted by atomic mass is 16.6. The van der Waals surface area contributed by atoms with Crippen LogP contribution in [-0.4, -0.2) is 19.8 Å². The Morgan fingerprint density at radius 3 is 2.55 bits per heavy atom. The fourth-order valence-corrected chi connectivity index (χ4v) is 1.86. The van der Waals surface area contributed by atoms with Crippen LogP contribution in [0.3, 0.4) is 0 Å². The van der Waals surface area contributed by atoms with E-state index in [0.717, 1.165) is 5.56 Å². The number of benzene rings is 1. The number of aryl methyl sites for hydroxylation is 2. The van der Waals surface area contributed by atoms with Gasteiger partial charge in [0.25, 0.3) is 5.88 Å². The van der Waals surface area contributed by atoms with Crippen LogP contribution >= 0.6 is 0 Å². The molecule has 7 heteroatoms. The van der Waals surface area contributed by atoms with Gasteiger partial charge in [0.15, 0.2) is 0 Å². The normalized spacial score (nSPS) is 10.6. The molecule has 0 aliphatic heterocycles. The summed E-state index contributed by atoms with van der Waals surface area (Å²) in [5.41, 5.74) is 1.02. The Balaban J connectivity index is 2.36. The molecule has 0 saturated heterocycles. The second-order valence-electron chi connectivity index (χ2n) is 4.24. The summed E-state index contributed by atoms with van der Waals surface area (Å²) in [5, 5.41) is 24.2. The molecule has 1 N–H and O–H groups in total. The predicted octanol–water partition coefficient (Wildman–Crippen LogP) is 2.18. The molecule has 1 aromatic heterocycles. The highest BCUT2D eigenvalue weighted by molar-refractivity contribution is 5.48. The van der Waals surface area contributed by atoms with Gasteiger partial charge >= 0.3 is 5.69 Å². The number of nitrogens with zero attached hydrogens (tertiary/aromatic N) is 3. The summed E-state index contributed by atoms with van der Waals surface area (Å²) in [6.45, 7) is 1.74. The quantitative estimate of drug-likeness (QED) is 0.668. The predicted molar refractivity (Wildman–Crippen MR) is 71.7 cm³/mol. The lowest BCUT2D eigenvalue weighted by atomic mass is 10.2. The molecule has 0 unspecified atom stereocenters. The molecule has 7 nitrogen and oxygen atoms in total. The number of aromatic nitrogens is 2. The van der Waals surface area contributed by atoms with Crippen molar-refractivity contribution >= 4 is 5.69 Å². The average Bonchev–Trinajstić information content (AvgIpc) is 2.76. The van der Waals surface area contributed by atoms with Crippen LogP contribution in [0.2, 0.25) is 0 Å². The van der Waals surface area contributed by atoms with E-state index in [-0.39, 0.29) is 18.2 Å². The molecule has 1 heterocycles. The van der Waals surface area contributed by atoms with E-state index in [1.165, 1.54) is 4.68 Å². The van der Waals surface area contributed by atoms with Gasteiger partial charge in [-0.1, -0.05) is 19.1 Å². The summed E-state index contributed by atoms with van der Waals surface area (Å²) in [4.78, 5) is 10.7. The van der Waals surface area contributed by atoms with E-state index < -0.39 is 4.92 Å².